The summed E-state index contributed by atoms with van der Waals surface area (Å²) in [6.07, 6.45) is 21.4. The zero-order valence-electron chi connectivity index (χ0n) is 31.4. The largest absolute Gasteiger partial charge is 0.494 e. The highest BCUT2D eigenvalue weighted by Gasteiger charge is 2.60. The quantitative estimate of drug-likeness (QED) is 0.217. The van der Waals surface area contributed by atoms with Gasteiger partial charge in [-0.15, -0.1) is 0 Å². The van der Waals surface area contributed by atoms with Crippen LogP contribution in [0.3, 0.4) is 0 Å². The lowest BCUT2D eigenvalue weighted by atomic mass is 9.44. The standard InChI is InChI=1S/C44H63NO5/c1-27(2)7-6-8-28(3)37-18-19-38-35-16-12-30-25-33(21-23-43(30,4)39(35)22-24-44(37,38)5)50-32-15-17-34-36(26-32)42(49)45(41(34)48)31-13-9-29(10-14-31)11-20-40(46)47/h9-11,13-14,20,27-28,30,32-33,35,37-39,48-49H,6-8,12,15-19,21-26H2,1-5H3,(H,46,47). The second-order valence-corrected chi connectivity index (χ2v) is 18.3. The monoisotopic (exact) mass is 685 g/mol. The zero-order chi connectivity index (χ0) is 35.4. The Labute approximate surface area is 300 Å². The zero-order valence-corrected chi connectivity index (χ0v) is 31.4. The van der Waals surface area contributed by atoms with Crippen molar-refractivity contribution in [2.75, 3.05) is 0 Å². The number of ether oxygens (including phenoxy) is 1. The number of carboxylic acid groups (broad SMARTS) is 1. The summed E-state index contributed by atoms with van der Waals surface area (Å²) in [5, 5.41) is 31.4. The summed E-state index contributed by atoms with van der Waals surface area (Å²) in [5.74, 6) is 5.21. The fourth-order valence-electron chi connectivity index (χ4n) is 12.7. The van der Waals surface area contributed by atoms with Crippen molar-refractivity contribution in [2.45, 2.75) is 143 Å². The van der Waals surface area contributed by atoms with E-state index in [9.17, 15) is 15.0 Å². The molecular weight excluding hydrogens is 622 g/mol. The highest BCUT2D eigenvalue weighted by Crippen LogP contribution is 2.68. The fourth-order valence-corrected chi connectivity index (χ4v) is 12.7. The topological polar surface area (TPSA) is 91.9 Å². The van der Waals surface area contributed by atoms with Crippen molar-refractivity contribution in [2.24, 2.45) is 52.3 Å². The number of benzene rings is 1. The van der Waals surface area contributed by atoms with Crippen LogP contribution in [0.5, 0.6) is 11.8 Å². The molecule has 5 aliphatic rings. The fraction of sp³-hybridized carbons (Fsp3) is 0.705. The van der Waals surface area contributed by atoms with Crippen molar-refractivity contribution in [1.82, 2.24) is 4.57 Å². The molecule has 4 fully saturated rings. The Kier molecular flexibility index (Phi) is 9.99. The maximum atomic E-state index is 11.3. The van der Waals surface area contributed by atoms with E-state index in [1.807, 2.05) is 0 Å². The highest BCUT2D eigenvalue weighted by atomic mass is 16.5. The van der Waals surface area contributed by atoms with Crippen molar-refractivity contribution in [1.29, 1.82) is 0 Å². The van der Waals surface area contributed by atoms with Crippen molar-refractivity contribution in [3.63, 3.8) is 0 Å². The average Bonchev–Trinajstić information content (AvgIpc) is 3.56. The number of aromatic nitrogens is 1. The number of carboxylic acids is 1. The number of aromatic hydroxyl groups is 2. The van der Waals surface area contributed by atoms with E-state index in [-0.39, 0.29) is 24.0 Å². The number of aliphatic carboxylic acids is 1. The van der Waals surface area contributed by atoms with E-state index in [4.69, 9.17) is 9.84 Å². The Balaban J connectivity index is 0.972. The van der Waals surface area contributed by atoms with E-state index in [1.54, 1.807) is 24.3 Å². The summed E-state index contributed by atoms with van der Waals surface area (Å²) in [7, 11) is 0. The molecule has 6 nitrogen and oxygen atoms in total. The van der Waals surface area contributed by atoms with Gasteiger partial charge in [0.05, 0.1) is 17.9 Å². The lowest BCUT2D eigenvalue weighted by Gasteiger charge is -2.61. The SMILES string of the molecule is CC(C)CCCC(C)C1CCC2C3CCC4CC(OC5CCc6c(c(O)n(-c7ccc(C=CC(=O)O)cc7)c6O)C5)CCC4(C)C3CCC12C. The second-order valence-electron chi connectivity index (χ2n) is 18.3. The number of fused-ring (bicyclic) bond motifs is 6. The van der Waals surface area contributed by atoms with Crippen LogP contribution >= 0.6 is 0 Å². The number of hydrogen-bond acceptors (Lipinski definition) is 4. The molecule has 274 valence electrons. The van der Waals surface area contributed by atoms with Gasteiger partial charge < -0.3 is 20.1 Å². The first kappa shape index (κ1) is 35.7. The lowest BCUT2D eigenvalue weighted by Crippen LogP contribution is -2.54. The number of rotatable bonds is 10. The van der Waals surface area contributed by atoms with Gasteiger partial charge in [-0.25, -0.2) is 4.79 Å². The molecule has 0 amide bonds. The summed E-state index contributed by atoms with van der Waals surface area (Å²) in [6, 6.07) is 7.16. The molecule has 0 aliphatic heterocycles. The molecule has 2 aromatic rings. The van der Waals surface area contributed by atoms with Crippen LogP contribution < -0.4 is 0 Å². The molecule has 10 unspecified atom stereocenters. The van der Waals surface area contributed by atoms with Crippen molar-refractivity contribution in [3.05, 3.63) is 47.0 Å². The molecule has 3 N–H and O–H groups in total. The third-order valence-corrected chi connectivity index (χ3v) is 15.2. The Hall–Kier alpha value is -2.73. The van der Waals surface area contributed by atoms with Gasteiger partial charge in [-0.05, 0) is 147 Å². The Morgan fingerprint density at radius 1 is 0.880 bits per heavy atom. The molecule has 6 heteroatoms. The number of nitrogens with zero attached hydrogens (tertiary/aromatic N) is 1. The maximum absolute atomic E-state index is 11.3. The van der Waals surface area contributed by atoms with Crippen molar-refractivity contribution in [3.8, 4) is 17.4 Å². The molecule has 0 bridgehead atoms. The van der Waals surface area contributed by atoms with Crippen LogP contribution in [-0.2, 0) is 22.4 Å². The predicted octanol–water partition coefficient (Wildman–Crippen LogP) is 10.4. The molecular formula is C44H63NO5. The van der Waals surface area contributed by atoms with Crippen LogP contribution in [0.4, 0.5) is 0 Å². The van der Waals surface area contributed by atoms with E-state index in [2.05, 4.69) is 34.6 Å². The van der Waals surface area contributed by atoms with E-state index in [0.717, 1.165) is 77.0 Å². The van der Waals surface area contributed by atoms with Crippen LogP contribution in [0.2, 0.25) is 0 Å². The summed E-state index contributed by atoms with van der Waals surface area (Å²) in [6.45, 7) is 12.7. The highest BCUT2D eigenvalue weighted by molar-refractivity contribution is 5.85. The molecule has 50 heavy (non-hydrogen) atoms. The van der Waals surface area contributed by atoms with Crippen molar-refractivity contribution < 1.29 is 24.9 Å². The molecule has 1 heterocycles. The molecule has 1 aromatic heterocycles. The number of carbonyl (C=O) groups is 1. The number of hydrogen-bond donors (Lipinski definition) is 3. The third-order valence-electron chi connectivity index (χ3n) is 15.2. The van der Waals surface area contributed by atoms with E-state index >= 15 is 0 Å². The minimum absolute atomic E-state index is 0.0474. The smallest absolute Gasteiger partial charge is 0.328 e. The first-order valence-corrected chi connectivity index (χ1v) is 20.2. The van der Waals surface area contributed by atoms with Gasteiger partial charge >= 0.3 is 5.97 Å². The second kappa shape index (κ2) is 14.0. The maximum Gasteiger partial charge on any atom is 0.328 e. The minimum Gasteiger partial charge on any atom is -0.494 e. The molecule has 5 aliphatic carbocycles. The van der Waals surface area contributed by atoms with Gasteiger partial charge in [0.15, 0.2) is 0 Å². The predicted molar refractivity (Wildman–Crippen MR) is 200 cm³/mol. The Morgan fingerprint density at radius 2 is 1.60 bits per heavy atom. The first-order chi connectivity index (χ1) is 23.9. The van der Waals surface area contributed by atoms with Gasteiger partial charge in [-0.2, -0.15) is 0 Å². The van der Waals surface area contributed by atoms with Crippen LogP contribution in [0.25, 0.3) is 11.8 Å². The van der Waals surface area contributed by atoms with Gasteiger partial charge in [0.2, 0.25) is 11.8 Å². The van der Waals surface area contributed by atoms with Gasteiger partial charge in [0.25, 0.3) is 0 Å². The summed E-state index contributed by atoms with van der Waals surface area (Å²) >= 11 is 0. The van der Waals surface area contributed by atoms with Gasteiger partial charge in [0, 0.05) is 23.6 Å². The Morgan fingerprint density at radius 3 is 2.34 bits per heavy atom. The average molecular weight is 686 g/mol. The lowest BCUT2D eigenvalue weighted by molar-refractivity contribution is -0.145. The van der Waals surface area contributed by atoms with Crippen LogP contribution in [0.1, 0.15) is 135 Å². The van der Waals surface area contributed by atoms with E-state index < -0.39 is 5.97 Å². The van der Waals surface area contributed by atoms with Crippen LogP contribution in [-0.4, -0.2) is 38.1 Å². The summed E-state index contributed by atoms with van der Waals surface area (Å²) < 4.78 is 8.42. The summed E-state index contributed by atoms with van der Waals surface area (Å²) in [5.41, 5.74) is 3.98. The first-order valence-electron chi connectivity index (χ1n) is 20.2. The third kappa shape index (κ3) is 6.45. The molecule has 0 spiro atoms. The molecule has 10 atom stereocenters. The molecule has 0 radical (unpaired) electrons. The normalized spacial score (nSPS) is 35.8. The van der Waals surface area contributed by atoms with Gasteiger partial charge in [-0.1, -0.05) is 66.0 Å². The summed E-state index contributed by atoms with van der Waals surface area (Å²) in [4.78, 5) is 10.9. The van der Waals surface area contributed by atoms with Crippen molar-refractivity contribution >= 4 is 12.0 Å². The minimum atomic E-state index is -1.000. The molecule has 4 saturated carbocycles. The van der Waals surface area contributed by atoms with Crippen LogP contribution in [0.15, 0.2) is 30.3 Å². The molecule has 7 rings (SSSR count). The van der Waals surface area contributed by atoms with E-state index in [1.165, 1.54) is 81.3 Å². The van der Waals surface area contributed by atoms with Crippen LogP contribution in [0, 0.1) is 52.3 Å². The molecule has 1 aromatic carbocycles. The van der Waals surface area contributed by atoms with E-state index in [0.29, 0.717) is 29.4 Å². The van der Waals surface area contributed by atoms with Gasteiger partial charge in [0.1, 0.15) is 0 Å². The Bertz CT molecular complexity index is 1560. The molecule has 0 saturated heterocycles. The van der Waals surface area contributed by atoms with Gasteiger partial charge in [-0.3, -0.25) is 4.57 Å².